The summed E-state index contributed by atoms with van der Waals surface area (Å²) in [5.41, 5.74) is 0.695. The van der Waals surface area contributed by atoms with Crippen LogP contribution in [-0.2, 0) is 11.4 Å². The van der Waals surface area contributed by atoms with Crippen LogP contribution in [0.25, 0.3) is 0 Å². The van der Waals surface area contributed by atoms with E-state index in [2.05, 4.69) is 6.58 Å². The van der Waals surface area contributed by atoms with Crippen molar-refractivity contribution >= 4 is 6.09 Å². The molecule has 0 radical (unpaired) electrons. The van der Waals surface area contributed by atoms with Gasteiger partial charge in [-0.2, -0.15) is 5.06 Å². The van der Waals surface area contributed by atoms with Gasteiger partial charge < -0.3 is 10.2 Å². The van der Waals surface area contributed by atoms with E-state index >= 15 is 0 Å². The van der Waals surface area contributed by atoms with E-state index in [0.717, 1.165) is 10.6 Å². The lowest BCUT2D eigenvalue weighted by Gasteiger charge is -2.37. The van der Waals surface area contributed by atoms with Gasteiger partial charge in [-0.1, -0.05) is 64.1 Å². The van der Waals surface area contributed by atoms with Gasteiger partial charge in [0.25, 0.3) is 0 Å². The van der Waals surface area contributed by atoms with Crippen molar-refractivity contribution < 1.29 is 19.8 Å². The highest BCUT2D eigenvalue weighted by molar-refractivity contribution is 5.64. The number of carboxylic acid groups (broad SMARTS) is 1. The van der Waals surface area contributed by atoms with Gasteiger partial charge in [0.1, 0.15) is 6.61 Å². The van der Waals surface area contributed by atoms with Crippen molar-refractivity contribution in [2.75, 3.05) is 0 Å². The van der Waals surface area contributed by atoms with Crippen LogP contribution in [0.1, 0.15) is 39.7 Å². The molecule has 1 aromatic carbocycles. The fourth-order valence-corrected chi connectivity index (χ4v) is 2.47. The van der Waals surface area contributed by atoms with Gasteiger partial charge in [0.15, 0.2) is 0 Å². The summed E-state index contributed by atoms with van der Waals surface area (Å²) in [6.45, 7) is 11.6. The largest absolute Gasteiger partial charge is 0.463 e. The van der Waals surface area contributed by atoms with Crippen LogP contribution in [0.3, 0.4) is 0 Å². The molecule has 0 fully saturated rings. The first-order chi connectivity index (χ1) is 11.2. The van der Waals surface area contributed by atoms with Crippen LogP contribution >= 0.6 is 0 Å². The van der Waals surface area contributed by atoms with Gasteiger partial charge in [0.05, 0.1) is 12.1 Å². The van der Waals surface area contributed by atoms with Crippen molar-refractivity contribution in [3.8, 4) is 0 Å². The Morgan fingerprint density at radius 3 is 2.38 bits per heavy atom. The van der Waals surface area contributed by atoms with Gasteiger partial charge in [-0.3, -0.25) is 4.84 Å². The average molecular weight is 335 g/mol. The predicted molar refractivity (Wildman–Crippen MR) is 94.3 cm³/mol. The molecule has 3 atom stereocenters. The monoisotopic (exact) mass is 335 g/mol. The van der Waals surface area contributed by atoms with Gasteiger partial charge in [-0.05, 0) is 17.4 Å². The summed E-state index contributed by atoms with van der Waals surface area (Å²) in [5, 5.41) is 21.1. The van der Waals surface area contributed by atoms with Crippen LogP contribution in [0, 0.1) is 11.3 Å². The number of rotatable bonds is 8. The summed E-state index contributed by atoms with van der Waals surface area (Å²) in [7, 11) is 0. The molecule has 0 aromatic heterocycles. The van der Waals surface area contributed by atoms with E-state index in [-0.39, 0.29) is 17.9 Å². The molecule has 0 saturated carbocycles. The zero-order valence-electron chi connectivity index (χ0n) is 15.0. The number of hydroxylamine groups is 2. The highest BCUT2D eigenvalue weighted by atomic mass is 16.7. The molecule has 0 saturated heterocycles. The number of hydrogen-bond donors (Lipinski definition) is 2. The SMILES string of the molecule is C=CC(C)C(O)[C@@H](CC(C)(C)C)N(OCc1ccccc1)C(=O)O. The molecule has 5 heteroatoms. The Hall–Kier alpha value is -1.85. The third-order valence-corrected chi connectivity index (χ3v) is 3.83. The van der Waals surface area contributed by atoms with E-state index in [1.165, 1.54) is 0 Å². The number of hydrogen-bond acceptors (Lipinski definition) is 3. The predicted octanol–water partition coefficient (Wildman–Crippen LogP) is 4.09. The first-order valence-electron chi connectivity index (χ1n) is 8.15. The summed E-state index contributed by atoms with van der Waals surface area (Å²) in [6.07, 6.45) is -0.0190. The van der Waals surface area contributed by atoms with Gasteiger partial charge in [-0.15, -0.1) is 6.58 Å². The van der Waals surface area contributed by atoms with Gasteiger partial charge >= 0.3 is 6.09 Å². The quantitative estimate of drug-likeness (QED) is 0.554. The van der Waals surface area contributed by atoms with E-state index in [4.69, 9.17) is 4.84 Å². The number of aliphatic hydroxyl groups excluding tert-OH is 1. The minimum Gasteiger partial charge on any atom is -0.463 e. The summed E-state index contributed by atoms with van der Waals surface area (Å²) >= 11 is 0. The maximum atomic E-state index is 11.7. The summed E-state index contributed by atoms with van der Waals surface area (Å²) < 4.78 is 0. The van der Waals surface area contributed by atoms with Crippen molar-refractivity contribution in [3.05, 3.63) is 48.6 Å². The highest BCUT2D eigenvalue weighted by Gasteiger charge is 2.36. The molecular weight excluding hydrogens is 306 g/mol. The Kier molecular flexibility index (Phi) is 7.45. The third-order valence-electron chi connectivity index (χ3n) is 3.83. The minimum absolute atomic E-state index is 0.128. The van der Waals surface area contributed by atoms with Crippen LogP contribution in [0.5, 0.6) is 0 Å². The minimum atomic E-state index is -1.21. The Labute approximate surface area is 144 Å². The molecule has 1 amide bonds. The second-order valence-corrected chi connectivity index (χ2v) is 7.28. The van der Waals surface area contributed by atoms with Crippen molar-refractivity contribution in [1.29, 1.82) is 0 Å². The standard InChI is InChI=1S/C19H29NO4/c1-6-14(2)17(21)16(12-19(3,4)5)20(18(22)23)24-13-15-10-8-7-9-11-15/h6-11,14,16-17,21H,1,12-13H2,2-5H3,(H,22,23)/t14?,16-,17?/m1/s1. The first-order valence-corrected chi connectivity index (χ1v) is 8.15. The molecule has 0 spiro atoms. The molecule has 1 aromatic rings. The third kappa shape index (κ3) is 6.34. The lowest BCUT2D eigenvalue weighted by atomic mass is 9.83. The lowest BCUT2D eigenvalue weighted by molar-refractivity contribution is -0.194. The number of carbonyl (C=O) groups is 1. The Morgan fingerprint density at radius 2 is 1.92 bits per heavy atom. The van der Waals surface area contributed by atoms with Gasteiger partial charge in [0, 0.05) is 5.92 Å². The Morgan fingerprint density at radius 1 is 1.33 bits per heavy atom. The first kappa shape index (κ1) is 20.2. The van der Waals surface area contributed by atoms with Crippen molar-refractivity contribution in [3.63, 3.8) is 0 Å². The second-order valence-electron chi connectivity index (χ2n) is 7.28. The lowest BCUT2D eigenvalue weighted by Crippen LogP contribution is -2.50. The summed E-state index contributed by atoms with van der Waals surface area (Å²) in [5.74, 6) is -0.250. The fraction of sp³-hybridized carbons (Fsp3) is 0.526. The van der Waals surface area contributed by atoms with E-state index in [1.54, 1.807) is 6.08 Å². The van der Waals surface area contributed by atoms with E-state index in [1.807, 2.05) is 58.0 Å². The molecule has 0 heterocycles. The van der Waals surface area contributed by atoms with Crippen LogP contribution in [0.15, 0.2) is 43.0 Å². The van der Waals surface area contributed by atoms with Crippen LogP contribution < -0.4 is 0 Å². The number of nitrogens with zero attached hydrogens (tertiary/aromatic N) is 1. The molecule has 0 aliphatic rings. The van der Waals surface area contributed by atoms with E-state index < -0.39 is 18.2 Å². The molecule has 24 heavy (non-hydrogen) atoms. The summed E-state index contributed by atoms with van der Waals surface area (Å²) in [4.78, 5) is 17.3. The molecule has 2 N–H and O–H groups in total. The smallest absolute Gasteiger partial charge is 0.431 e. The molecule has 0 aliphatic heterocycles. The normalized spacial score (nSPS) is 15.4. The summed E-state index contributed by atoms with van der Waals surface area (Å²) in [6, 6.07) is 8.66. The van der Waals surface area contributed by atoms with E-state index in [0.29, 0.717) is 6.42 Å². The van der Waals surface area contributed by atoms with Crippen LogP contribution in [0.4, 0.5) is 4.79 Å². The molecule has 5 nitrogen and oxygen atoms in total. The molecular formula is C19H29NO4. The molecule has 2 unspecified atom stereocenters. The molecule has 1 rings (SSSR count). The number of aliphatic hydroxyl groups is 1. The van der Waals surface area contributed by atoms with Crippen LogP contribution in [0.2, 0.25) is 0 Å². The molecule has 0 bridgehead atoms. The average Bonchev–Trinajstić information content (AvgIpc) is 2.52. The van der Waals surface area contributed by atoms with Crippen molar-refractivity contribution in [2.45, 2.75) is 52.9 Å². The fourth-order valence-electron chi connectivity index (χ4n) is 2.47. The maximum absolute atomic E-state index is 11.7. The van der Waals surface area contributed by atoms with Gasteiger partial charge in [-0.25, -0.2) is 4.79 Å². The number of amides is 1. The van der Waals surface area contributed by atoms with E-state index in [9.17, 15) is 15.0 Å². The zero-order valence-corrected chi connectivity index (χ0v) is 15.0. The topological polar surface area (TPSA) is 70.0 Å². The maximum Gasteiger partial charge on any atom is 0.431 e. The van der Waals surface area contributed by atoms with Gasteiger partial charge in [0.2, 0.25) is 0 Å². The second kappa shape index (κ2) is 8.85. The Balaban J connectivity index is 2.98. The molecule has 0 aliphatic carbocycles. The zero-order chi connectivity index (χ0) is 18.3. The molecule has 134 valence electrons. The van der Waals surface area contributed by atoms with Crippen molar-refractivity contribution in [2.24, 2.45) is 11.3 Å². The number of benzene rings is 1. The van der Waals surface area contributed by atoms with Crippen LogP contribution in [-0.4, -0.2) is 33.5 Å². The highest BCUT2D eigenvalue weighted by Crippen LogP contribution is 2.28. The Bertz CT molecular complexity index is 524. The van der Waals surface area contributed by atoms with Crippen molar-refractivity contribution in [1.82, 2.24) is 5.06 Å².